The van der Waals surface area contributed by atoms with E-state index in [9.17, 15) is 9.59 Å². The number of furan rings is 1. The Hall–Kier alpha value is -2.97. The first-order valence-electron chi connectivity index (χ1n) is 8.98. The molecular weight excluding hydrogens is 474 g/mol. The number of hydrogen-bond acceptors (Lipinski definition) is 6. The van der Waals surface area contributed by atoms with Crippen molar-refractivity contribution in [3.63, 3.8) is 0 Å². The summed E-state index contributed by atoms with van der Waals surface area (Å²) in [6.45, 7) is -0.458. The highest BCUT2D eigenvalue weighted by Gasteiger charge is 2.35. The van der Waals surface area contributed by atoms with Crippen molar-refractivity contribution in [2.75, 3.05) is 6.61 Å². The number of halogens is 2. The minimum atomic E-state index is -0.646. The summed E-state index contributed by atoms with van der Waals surface area (Å²) in [5.74, 6) is -0.511. The molecule has 0 aliphatic carbocycles. The molecule has 4 rings (SSSR count). The van der Waals surface area contributed by atoms with Crippen molar-refractivity contribution in [3.05, 3.63) is 87.5 Å². The fraction of sp³-hybridized carbons (Fsp3) is 0.143. The van der Waals surface area contributed by atoms with Gasteiger partial charge in [0, 0.05) is 28.3 Å². The second-order valence-corrected chi connectivity index (χ2v) is 7.85. The van der Waals surface area contributed by atoms with E-state index in [0.29, 0.717) is 27.4 Å². The van der Waals surface area contributed by atoms with Crippen molar-refractivity contribution in [3.8, 4) is 0 Å². The van der Waals surface area contributed by atoms with Crippen LogP contribution < -0.4 is 0 Å². The number of nitrogens with zero attached hydrogens (tertiary/aromatic N) is 3. The third-order valence-corrected chi connectivity index (χ3v) is 5.17. The number of amides is 1. The van der Waals surface area contributed by atoms with Gasteiger partial charge < -0.3 is 9.15 Å². The lowest BCUT2D eigenvalue weighted by Gasteiger charge is -2.19. The van der Waals surface area contributed by atoms with Gasteiger partial charge in [0.2, 0.25) is 0 Å². The van der Waals surface area contributed by atoms with Gasteiger partial charge in [-0.3, -0.25) is 9.78 Å². The Morgan fingerprint density at radius 3 is 2.73 bits per heavy atom. The first-order valence-corrected chi connectivity index (χ1v) is 10.1. The van der Waals surface area contributed by atoms with Crippen LogP contribution in [0, 0.1) is 0 Å². The Morgan fingerprint density at radius 1 is 1.23 bits per heavy atom. The first-order chi connectivity index (χ1) is 14.5. The van der Waals surface area contributed by atoms with E-state index >= 15 is 0 Å². The molecule has 3 aromatic rings. The van der Waals surface area contributed by atoms with Crippen molar-refractivity contribution in [1.29, 1.82) is 0 Å². The summed E-state index contributed by atoms with van der Waals surface area (Å²) < 4.78 is 11.3. The second kappa shape index (κ2) is 8.81. The summed E-state index contributed by atoms with van der Waals surface area (Å²) in [5, 5.41) is 6.39. The van der Waals surface area contributed by atoms with Crippen LogP contribution in [-0.4, -0.2) is 34.2 Å². The first kappa shape index (κ1) is 20.3. The zero-order chi connectivity index (χ0) is 21.1. The zero-order valence-electron chi connectivity index (χ0n) is 15.5. The molecule has 0 unspecified atom stereocenters. The van der Waals surface area contributed by atoms with Gasteiger partial charge in [-0.15, -0.1) is 0 Å². The predicted octanol–water partition coefficient (Wildman–Crippen LogP) is 4.63. The molecule has 1 aliphatic heterocycles. The van der Waals surface area contributed by atoms with Crippen molar-refractivity contribution in [2.24, 2.45) is 5.10 Å². The number of carbonyl (C=O) groups is 2. The molecule has 0 fully saturated rings. The number of hydrogen-bond donors (Lipinski definition) is 0. The van der Waals surface area contributed by atoms with Gasteiger partial charge in [0.15, 0.2) is 6.61 Å². The predicted molar refractivity (Wildman–Crippen MR) is 113 cm³/mol. The molecule has 152 valence electrons. The van der Waals surface area contributed by atoms with Crippen LogP contribution in [0.25, 0.3) is 0 Å². The van der Waals surface area contributed by atoms with E-state index in [1.165, 1.54) is 11.2 Å². The molecule has 9 heteroatoms. The molecule has 1 aliphatic rings. The number of rotatable bonds is 5. The van der Waals surface area contributed by atoms with Crippen LogP contribution in [0.2, 0.25) is 5.02 Å². The highest BCUT2D eigenvalue weighted by molar-refractivity contribution is 9.10. The van der Waals surface area contributed by atoms with Gasteiger partial charge in [0.25, 0.3) is 5.91 Å². The van der Waals surface area contributed by atoms with E-state index in [2.05, 4.69) is 26.0 Å². The standard InChI is InChI=1S/C21H15BrClN3O4/c22-15-8-14(10-24-11-15)21(28)30-12-20(27)26-18(19-2-1-7-29-19)9-17(25-26)13-3-5-16(23)6-4-13/h1-8,10-11,18H,9,12H2/t18-/m0/s1. The Labute approximate surface area is 185 Å². The number of esters is 1. The molecule has 2 aromatic heterocycles. The quantitative estimate of drug-likeness (QED) is 0.489. The van der Waals surface area contributed by atoms with E-state index in [0.717, 1.165) is 5.56 Å². The topological polar surface area (TPSA) is 85.0 Å². The summed E-state index contributed by atoms with van der Waals surface area (Å²) >= 11 is 9.21. The minimum Gasteiger partial charge on any atom is -0.467 e. The molecule has 0 bridgehead atoms. The molecular formula is C21H15BrClN3O4. The summed E-state index contributed by atoms with van der Waals surface area (Å²) in [6.07, 6.45) is 4.92. The third-order valence-electron chi connectivity index (χ3n) is 4.48. The molecule has 7 nitrogen and oxygen atoms in total. The SMILES string of the molecule is O=C(OCC(=O)N1N=C(c2ccc(Cl)cc2)C[C@H]1c1ccco1)c1cncc(Br)c1. The Bertz CT molecular complexity index is 1100. The van der Waals surface area contributed by atoms with Crippen molar-refractivity contribution < 1.29 is 18.7 Å². The number of hydrazone groups is 1. The van der Waals surface area contributed by atoms with Crippen LogP contribution in [0.1, 0.15) is 34.1 Å². The third kappa shape index (κ3) is 4.44. The van der Waals surface area contributed by atoms with Gasteiger partial charge in [-0.05, 0) is 51.8 Å². The number of pyridine rings is 1. The summed E-state index contributed by atoms with van der Waals surface area (Å²) in [6, 6.07) is 11.9. The van der Waals surface area contributed by atoms with E-state index in [4.69, 9.17) is 20.8 Å². The molecule has 1 atom stereocenters. The van der Waals surface area contributed by atoms with E-state index < -0.39 is 24.5 Å². The Kier molecular flexibility index (Phi) is 5.96. The van der Waals surface area contributed by atoms with Crippen molar-refractivity contribution >= 4 is 45.1 Å². The summed E-state index contributed by atoms with van der Waals surface area (Å²) in [4.78, 5) is 29.0. The highest BCUT2D eigenvalue weighted by atomic mass is 79.9. The average molecular weight is 489 g/mol. The molecule has 1 amide bonds. The number of ether oxygens (including phenoxy) is 1. The van der Waals surface area contributed by atoms with Gasteiger partial charge in [-0.25, -0.2) is 9.80 Å². The molecule has 0 saturated carbocycles. The zero-order valence-corrected chi connectivity index (χ0v) is 17.8. The van der Waals surface area contributed by atoms with E-state index in [-0.39, 0.29) is 5.56 Å². The second-order valence-electron chi connectivity index (χ2n) is 6.50. The number of benzene rings is 1. The molecule has 0 radical (unpaired) electrons. The van der Waals surface area contributed by atoms with Crippen LogP contribution in [-0.2, 0) is 9.53 Å². The largest absolute Gasteiger partial charge is 0.467 e. The van der Waals surface area contributed by atoms with Crippen LogP contribution in [0.15, 0.2) is 75.1 Å². The fourth-order valence-electron chi connectivity index (χ4n) is 3.06. The van der Waals surface area contributed by atoms with Gasteiger partial charge in [-0.2, -0.15) is 5.10 Å². The Balaban J connectivity index is 1.51. The average Bonchev–Trinajstić information content (AvgIpc) is 3.42. The molecule has 1 aromatic carbocycles. The van der Waals surface area contributed by atoms with Crippen LogP contribution >= 0.6 is 27.5 Å². The summed E-state index contributed by atoms with van der Waals surface area (Å²) in [7, 11) is 0. The van der Waals surface area contributed by atoms with Crippen LogP contribution in [0.3, 0.4) is 0 Å². The maximum atomic E-state index is 12.8. The Morgan fingerprint density at radius 2 is 2.03 bits per heavy atom. The van der Waals surface area contributed by atoms with Crippen molar-refractivity contribution in [1.82, 2.24) is 9.99 Å². The molecule has 30 heavy (non-hydrogen) atoms. The fourth-order valence-corrected chi connectivity index (χ4v) is 3.55. The minimum absolute atomic E-state index is 0.242. The molecule has 0 saturated heterocycles. The lowest BCUT2D eigenvalue weighted by molar-refractivity contribution is -0.136. The molecule has 0 spiro atoms. The number of carbonyl (C=O) groups excluding carboxylic acids is 2. The number of aromatic nitrogens is 1. The smallest absolute Gasteiger partial charge is 0.340 e. The normalized spacial score (nSPS) is 15.7. The van der Waals surface area contributed by atoms with Crippen LogP contribution in [0.4, 0.5) is 0 Å². The molecule has 0 N–H and O–H groups in total. The lowest BCUT2D eigenvalue weighted by atomic mass is 10.0. The lowest BCUT2D eigenvalue weighted by Crippen LogP contribution is -2.31. The van der Waals surface area contributed by atoms with Gasteiger partial charge in [0.1, 0.15) is 11.8 Å². The summed E-state index contributed by atoms with van der Waals surface area (Å²) in [5.41, 5.74) is 1.80. The highest BCUT2D eigenvalue weighted by Crippen LogP contribution is 2.33. The van der Waals surface area contributed by atoms with E-state index in [1.54, 1.807) is 42.8 Å². The maximum Gasteiger partial charge on any atom is 0.340 e. The van der Waals surface area contributed by atoms with E-state index in [1.807, 2.05) is 12.1 Å². The van der Waals surface area contributed by atoms with Gasteiger partial charge >= 0.3 is 5.97 Å². The van der Waals surface area contributed by atoms with Gasteiger partial charge in [-0.1, -0.05) is 23.7 Å². The van der Waals surface area contributed by atoms with Crippen LogP contribution in [0.5, 0.6) is 0 Å². The van der Waals surface area contributed by atoms with Crippen molar-refractivity contribution in [2.45, 2.75) is 12.5 Å². The van der Waals surface area contributed by atoms with Gasteiger partial charge in [0.05, 0.1) is 17.5 Å². The molecule has 3 heterocycles. The maximum absolute atomic E-state index is 12.8. The monoisotopic (exact) mass is 487 g/mol.